The molecule has 1 aliphatic rings. The second kappa shape index (κ2) is 8.28. The monoisotopic (exact) mass is 368 g/mol. The lowest BCUT2D eigenvalue weighted by Crippen LogP contribution is -2.23. The van der Waals surface area contributed by atoms with Gasteiger partial charge in [0.2, 0.25) is 5.91 Å². The number of aromatic nitrogens is 1. The van der Waals surface area contributed by atoms with E-state index >= 15 is 0 Å². The van der Waals surface area contributed by atoms with E-state index in [1.165, 1.54) is 5.39 Å². The zero-order valence-electron chi connectivity index (χ0n) is 14.7. The largest absolute Gasteiger partial charge is 0.350 e. The molecule has 2 aromatic rings. The number of amides is 1. The minimum atomic E-state index is -0.464. The molecule has 1 heterocycles. The topological polar surface area (TPSA) is 51.4 Å². The zero-order valence-corrected chi connectivity index (χ0v) is 15.4. The molecule has 0 bridgehead atoms. The van der Waals surface area contributed by atoms with Gasteiger partial charge in [-0.15, -0.1) is 11.6 Å². The summed E-state index contributed by atoms with van der Waals surface area (Å²) >= 11 is 5.59. The van der Waals surface area contributed by atoms with E-state index < -0.39 is 5.92 Å². The van der Waals surface area contributed by atoms with Crippen molar-refractivity contribution in [2.45, 2.75) is 19.3 Å². The number of aryl methyl sites for hydroxylation is 2. The van der Waals surface area contributed by atoms with Crippen molar-refractivity contribution >= 4 is 39.9 Å². The summed E-state index contributed by atoms with van der Waals surface area (Å²) in [5.74, 6) is -0.457. The number of halogens is 1. The first-order valence-corrected chi connectivity index (χ1v) is 9.21. The summed E-state index contributed by atoms with van der Waals surface area (Å²) in [6.45, 7) is 0. The maximum Gasteiger partial charge on any atom is 0.247 e. The van der Waals surface area contributed by atoms with Gasteiger partial charge in [0.05, 0.1) is 11.6 Å². The first kappa shape index (κ1) is 18.3. The number of nitrogens with zero attached hydrogens (tertiary/aromatic N) is 2. The third kappa shape index (κ3) is 4.02. The Morgan fingerprint density at radius 2 is 2.00 bits per heavy atom. The summed E-state index contributed by atoms with van der Waals surface area (Å²) in [7, 11) is 2.01. The van der Waals surface area contributed by atoms with E-state index in [1.807, 2.05) is 25.3 Å². The van der Waals surface area contributed by atoms with E-state index in [9.17, 15) is 9.59 Å². The number of fused-ring (bicyclic) bond motifs is 1. The maximum absolute atomic E-state index is 12.8. The first-order valence-electron chi connectivity index (χ1n) is 8.68. The second-order valence-corrected chi connectivity index (χ2v) is 6.72. The average molecular weight is 369 g/mol. The zero-order chi connectivity index (χ0) is 18.5. The molecule has 0 radical (unpaired) electrons. The van der Waals surface area contributed by atoms with Crippen LogP contribution in [-0.4, -0.2) is 27.8 Å². The van der Waals surface area contributed by atoms with Gasteiger partial charge >= 0.3 is 0 Å². The van der Waals surface area contributed by atoms with E-state index in [2.05, 4.69) is 27.9 Å². The number of ketones is 1. The Morgan fingerprint density at radius 1 is 1.19 bits per heavy atom. The van der Waals surface area contributed by atoms with Crippen LogP contribution in [0.5, 0.6) is 0 Å². The Morgan fingerprint density at radius 3 is 2.81 bits per heavy atom. The van der Waals surface area contributed by atoms with Crippen LogP contribution in [0.2, 0.25) is 0 Å². The van der Waals surface area contributed by atoms with Crippen LogP contribution in [-0.2, 0) is 23.1 Å². The quantitative estimate of drug-likeness (QED) is 0.723. The Kier molecular flexibility index (Phi) is 5.84. The smallest absolute Gasteiger partial charge is 0.247 e. The number of Topliss-reactive ketones (excluding diaryl/α,β-unsaturated/α-hetero) is 1. The molecule has 0 saturated carbocycles. The van der Waals surface area contributed by atoms with Crippen molar-refractivity contribution < 1.29 is 9.59 Å². The standard InChI is InChI=1S/C21H21ClN2O2/c1-24-14-15(16-6-3-5-9-19(16)24)10-11-20(25)17-7-2-4-8-18(17)23-21(26)12-13-22/h2-9,14,17H,10-13H2,1H3/t17-/m0/s1. The van der Waals surface area contributed by atoms with E-state index in [-0.39, 0.29) is 24.0 Å². The van der Waals surface area contributed by atoms with Gasteiger partial charge in [-0.3, -0.25) is 9.59 Å². The molecule has 1 aliphatic carbocycles. The number of carbonyl (C=O) groups is 2. The lowest BCUT2D eigenvalue weighted by Gasteiger charge is -2.14. The Hall–Kier alpha value is -2.46. The Balaban J connectivity index is 1.73. The summed E-state index contributed by atoms with van der Waals surface area (Å²) in [5, 5.41) is 1.17. The predicted octanol–water partition coefficient (Wildman–Crippen LogP) is 4.02. The van der Waals surface area contributed by atoms with E-state index in [4.69, 9.17) is 11.6 Å². The molecule has 1 atom stereocenters. The van der Waals surface area contributed by atoms with Gasteiger partial charge in [0.1, 0.15) is 5.78 Å². The van der Waals surface area contributed by atoms with Crippen LogP contribution in [0.1, 0.15) is 18.4 Å². The van der Waals surface area contributed by atoms with Gasteiger partial charge < -0.3 is 4.57 Å². The summed E-state index contributed by atoms with van der Waals surface area (Å²) in [4.78, 5) is 28.6. The Labute approximate surface area is 157 Å². The highest BCUT2D eigenvalue weighted by molar-refractivity contribution is 6.20. The molecule has 4 nitrogen and oxygen atoms in total. The molecule has 1 aromatic carbocycles. The molecule has 0 N–H and O–H groups in total. The van der Waals surface area contributed by atoms with Gasteiger partial charge in [-0.25, -0.2) is 4.99 Å². The van der Waals surface area contributed by atoms with Crippen LogP contribution >= 0.6 is 11.6 Å². The number of rotatable bonds is 6. The predicted molar refractivity (Wildman–Crippen MR) is 106 cm³/mol. The van der Waals surface area contributed by atoms with E-state index in [0.29, 0.717) is 18.6 Å². The highest BCUT2D eigenvalue weighted by Crippen LogP contribution is 2.23. The summed E-state index contributed by atoms with van der Waals surface area (Å²) in [6.07, 6.45) is 10.5. The van der Waals surface area contributed by atoms with Gasteiger partial charge in [-0.1, -0.05) is 36.4 Å². The van der Waals surface area contributed by atoms with Gasteiger partial charge in [0.15, 0.2) is 0 Å². The number of aliphatic imine (C=N–C) groups is 1. The van der Waals surface area contributed by atoms with Gasteiger partial charge in [-0.05, 0) is 24.1 Å². The lowest BCUT2D eigenvalue weighted by atomic mass is 9.90. The fraction of sp³-hybridized carbons (Fsp3) is 0.286. The summed E-state index contributed by atoms with van der Waals surface area (Å²) < 4.78 is 2.08. The lowest BCUT2D eigenvalue weighted by molar-refractivity contribution is -0.119. The first-order chi connectivity index (χ1) is 12.6. The number of hydrogen-bond acceptors (Lipinski definition) is 2. The molecular formula is C21H21ClN2O2. The molecule has 134 valence electrons. The SMILES string of the molecule is Cn1cc(CCC(=O)[C@H]2C=CC=CC2=NC(=O)CCCl)c2ccccc21. The Bertz CT molecular complexity index is 921. The molecule has 0 spiro atoms. The van der Waals surface area contributed by atoms with Crippen LogP contribution in [0.3, 0.4) is 0 Å². The fourth-order valence-electron chi connectivity index (χ4n) is 3.23. The summed E-state index contributed by atoms with van der Waals surface area (Å²) in [5.41, 5.74) is 2.82. The third-order valence-corrected chi connectivity index (χ3v) is 4.72. The van der Waals surface area contributed by atoms with Crippen LogP contribution in [0, 0.1) is 5.92 Å². The van der Waals surface area contributed by atoms with E-state index in [0.717, 1.165) is 11.1 Å². The minimum absolute atomic E-state index is 0.0657. The molecule has 0 aliphatic heterocycles. The fourth-order valence-corrected chi connectivity index (χ4v) is 3.39. The van der Waals surface area contributed by atoms with Crippen molar-refractivity contribution in [1.82, 2.24) is 4.57 Å². The molecule has 3 rings (SSSR count). The normalized spacial score (nSPS) is 17.9. The molecular weight excluding hydrogens is 348 g/mol. The highest BCUT2D eigenvalue weighted by atomic mass is 35.5. The number of para-hydroxylation sites is 1. The summed E-state index contributed by atoms with van der Waals surface area (Å²) in [6, 6.07) is 8.17. The molecule has 0 saturated heterocycles. The maximum atomic E-state index is 12.8. The molecule has 1 aromatic heterocycles. The minimum Gasteiger partial charge on any atom is -0.350 e. The van der Waals surface area contributed by atoms with Crippen molar-refractivity contribution in [3.05, 3.63) is 60.3 Å². The van der Waals surface area contributed by atoms with Crippen LogP contribution in [0.25, 0.3) is 10.9 Å². The van der Waals surface area contributed by atoms with Gasteiger partial charge in [-0.2, -0.15) is 0 Å². The van der Waals surface area contributed by atoms with Crippen molar-refractivity contribution in [3.8, 4) is 0 Å². The number of alkyl halides is 1. The van der Waals surface area contributed by atoms with Gasteiger partial charge in [0, 0.05) is 42.9 Å². The molecule has 26 heavy (non-hydrogen) atoms. The van der Waals surface area contributed by atoms with Crippen LogP contribution in [0.4, 0.5) is 0 Å². The second-order valence-electron chi connectivity index (χ2n) is 6.34. The van der Waals surface area contributed by atoms with Crippen molar-refractivity contribution in [2.75, 3.05) is 5.88 Å². The molecule has 1 amide bonds. The number of benzene rings is 1. The van der Waals surface area contributed by atoms with Crippen LogP contribution in [0.15, 0.2) is 59.8 Å². The van der Waals surface area contributed by atoms with E-state index in [1.54, 1.807) is 18.2 Å². The third-order valence-electron chi connectivity index (χ3n) is 4.53. The van der Waals surface area contributed by atoms with Crippen LogP contribution < -0.4 is 0 Å². The highest BCUT2D eigenvalue weighted by Gasteiger charge is 2.22. The number of allylic oxidation sites excluding steroid dienone is 4. The van der Waals surface area contributed by atoms with Crippen molar-refractivity contribution in [1.29, 1.82) is 0 Å². The molecule has 0 fully saturated rings. The average Bonchev–Trinajstić information content (AvgIpc) is 2.97. The van der Waals surface area contributed by atoms with Crippen molar-refractivity contribution in [2.24, 2.45) is 18.0 Å². The molecule has 0 unspecified atom stereocenters. The van der Waals surface area contributed by atoms with Crippen molar-refractivity contribution in [3.63, 3.8) is 0 Å². The van der Waals surface area contributed by atoms with Gasteiger partial charge in [0.25, 0.3) is 0 Å². The number of carbonyl (C=O) groups excluding carboxylic acids is 2. The molecule has 5 heteroatoms. The number of hydrogen-bond donors (Lipinski definition) is 0.